The second-order valence-electron chi connectivity index (χ2n) is 5.06. The second-order valence-corrected chi connectivity index (χ2v) is 5.06. The van der Waals surface area contributed by atoms with Gasteiger partial charge in [0.05, 0.1) is 5.69 Å². The first-order valence-electron chi connectivity index (χ1n) is 6.79. The van der Waals surface area contributed by atoms with Crippen molar-refractivity contribution < 1.29 is 5.21 Å². The summed E-state index contributed by atoms with van der Waals surface area (Å²) in [7, 11) is 1.95. The molecule has 112 valence electrons. The fourth-order valence-electron chi connectivity index (χ4n) is 2.30. The van der Waals surface area contributed by atoms with Gasteiger partial charge in [-0.25, -0.2) is 0 Å². The third-order valence-electron chi connectivity index (χ3n) is 3.62. The average molecular weight is 287 g/mol. The van der Waals surface area contributed by atoms with Crippen molar-refractivity contribution in [2.24, 2.45) is 17.9 Å². The molecule has 0 saturated heterocycles. The molecular formula is C15H21N5O. The lowest BCUT2D eigenvalue weighted by Crippen LogP contribution is -2.16. The zero-order valence-corrected chi connectivity index (χ0v) is 12.6. The quantitative estimate of drug-likeness (QED) is 0.336. The Labute approximate surface area is 124 Å². The normalized spacial score (nSPS) is 11.9. The molecule has 0 spiro atoms. The van der Waals surface area contributed by atoms with Crippen LogP contribution in [0.5, 0.6) is 0 Å². The number of benzene rings is 1. The van der Waals surface area contributed by atoms with E-state index >= 15 is 0 Å². The van der Waals surface area contributed by atoms with Crippen LogP contribution in [0, 0.1) is 13.8 Å². The summed E-state index contributed by atoms with van der Waals surface area (Å²) in [6, 6.07) is 7.62. The number of nitrogens with one attached hydrogen (secondary N) is 1. The predicted octanol–water partition coefficient (Wildman–Crippen LogP) is 1.42. The Morgan fingerprint density at radius 3 is 2.76 bits per heavy atom. The lowest BCUT2D eigenvalue weighted by molar-refractivity contribution is 0.318. The smallest absolute Gasteiger partial charge is 0.170 e. The largest absolute Gasteiger partial charge is 0.409 e. The van der Waals surface area contributed by atoms with E-state index in [0.717, 1.165) is 17.8 Å². The molecular weight excluding hydrogens is 266 g/mol. The van der Waals surface area contributed by atoms with E-state index < -0.39 is 0 Å². The van der Waals surface area contributed by atoms with Crippen LogP contribution in [0.15, 0.2) is 29.4 Å². The number of amidine groups is 1. The number of aryl methyl sites for hydroxylation is 2. The molecule has 21 heavy (non-hydrogen) atoms. The minimum absolute atomic E-state index is 0.121. The summed E-state index contributed by atoms with van der Waals surface area (Å²) < 4.78 is 1.89. The first-order chi connectivity index (χ1) is 10.0. The summed E-state index contributed by atoms with van der Waals surface area (Å²) in [6.45, 7) is 5.55. The molecule has 0 fully saturated rings. The van der Waals surface area contributed by atoms with Gasteiger partial charge in [0, 0.05) is 37.0 Å². The maximum absolute atomic E-state index is 8.71. The molecule has 2 aromatic rings. The summed E-state index contributed by atoms with van der Waals surface area (Å²) in [5, 5.41) is 19.5. The highest BCUT2D eigenvalue weighted by Gasteiger charge is 2.08. The number of aromatic nitrogens is 2. The van der Waals surface area contributed by atoms with Gasteiger partial charge >= 0.3 is 0 Å². The maximum atomic E-state index is 8.71. The van der Waals surface area contributed by atoms with Gasteiger partial charge in [-0.05, 0) is 25.5 Å². The van der Waals surface area contributed by atoms with Crippen LogP contribution in [-0.2, 0) is 20.1 Å². The number of nitrogens with two attached hydrogens (primary N) is 1. The van der Waals surface area contributed by atoms with E-state index in [0.29, 0.717) is 12.1 Å². The Bertz CT molecular complexity index is 660. The summed E-state index contributed by atoms with van der Waals surface area (Å²) in [4.78, 5) is 0. The molecule has 4 N–H and O–H groups in total. The van der Waals surface area contributed by atoms with E-state index in [1.165, 1.54) is 11.3 Å². The van der Waals surface area contributed by atoms with E-state index in [1.54, 1.807) is 0 Å². The summed E-state index contributed by atoms with van der Waals surface area (Å²) in [5.41, 5.74) is 10.8. The highest BCUT2D eigenvalue weighted by Crippen LogP contribution is 2.12. The van der Waals surface area contributed by atoms with Crippen molar-refractivity contribution in [2.45, 2.75) is 26.9 Å². The molecule has 0 radical (unpaired) electrons. The zero-order valence-electron chi connectivity index (χ0n) is 12.6. The molecule has 6 heteroatoms. The lowest BCUT2D eigenvalue weighted by atomic mass is 10.1. The number of oxime groups is 1. The van der Waals surface area contributed by atoms with Gasteiger partial charge in [0.15, 0.2) is 5.84 Å². The molecule has 2 rings (SSSR count). The molecule has 1 aromatic heterocycles. The van der Waals surface area contributed by atoms with Crippen molar-refractivity contribution in [3.8, 4) is 0 Å². The van der Waals surface area contributed by atoms with Gasteiger partial charge in [0.1, 0.15) is 0 Å². The molecule has 0 unspecified atom stereocenters. The van der Waals surface area contributed by atoms with Crippen LogP contribution in [0.3, 0.4) is 0 Å². The van der Waals surface area contributed by atoms with E-state index in [1.807, 2.05) is 42.9 Å². The summed E-state index contributed by atoms with van der Waals surface area (Å²) in [6.07, 6.45) is 0. The third-order valence-corrected chi connectivity index (χ3v) is 3.62. The van der Waals surface area contributed by atoms with Gasteiger partial charge in [0.25, 0.3) is 0 Å². The molecule has 0 bridgehead atoms. The molecule has 0 amide bonds. The van der Waals surface area contributed by atoms with Crippen molar-refractivity contribution >= 4 is 5.84 Å². The molecule has 0 saturated carbocycles. The Kier molecular flexibility index (Phi) is 4.59. The van der Waals surface area contributed by atoms with Crippen LogP contribution in [0.1, 0.15) is 28.1 Å². The van der Waals surface area contributed by atoms with Crippen molar-refractivity contribution in [2.75, 3.05) is 0 Å². The Morgan fingerprint density at radius 2 is 2.14 bits per heavy atom. The van der Waals surface area contributed by atoms with Gasteiger partial charge in [-0.3, -0.25) is 4.68 Å². The molecule has 1 heterocycles. The molecule has 0 aliphatic heterocycles. The number of rotatable bonds is 5. The standard InChI is InChI=1S/C15H21N5O/c1-10-14(11(2)20(3)18-10)9-17-8-12-5-4-6-13(7-12)15(16)19-21/h4-7,17,21H,8-9H2,1-3H3,(H2,16,19). The highest BCUT2D eigenvalue weighted by molar-refractivity contribution is 5.97. The van der Waals surface area contributed by atoms with Crippen molar-refractivity contribution in [3.05, 3.63) is 52.3 Å². The second kappa shape index (κ2) is 6.41. The highest BCUT2D eigenvalue weighted by atomic mass is 16.4. The van der Waals surface area contributed by atoms with Crippen LogP contribution in [-0.4, -0.2) is 20.8 Å². The van der Waals surface area contributed by atoms with Gasteiger partial charge in [0.2, 0.25) is 0 Å². The van der Waals surface area contributed by atoms with Crippen LogP contribution < -0.4 is 11.1 Å². The third kappa shape index (κ3) is 3.41. The average Bonchev–Trinajstić information content (AvgIpc) is 2.73. The van der Waals surface area contributed by atoms with Crippen LogP contribution >= 0.6 is 0 Å². The van der Waals surface area contributed by atoms with E-state index in [9.17, 15) is 0 Å². The minimum atomic E-state index is 0.121. The minimum Gasteiger partial charge on any atom is -0.409 e. The molecule has 0 aliphatic carbocycles. The Morgan fingerprint density at radius 1 is 1.38 bits per heavy atom. The van der Waals surface area contributed by atoms with Gasteiger partial charge in [-0.2, -0.15) is 5.10 Å². The fourth-order valence-corrected chi connectivity index (χ4v) is 2.30. The first kappa shape index (κ1) is 15.1. The van der Waals surface area contributed by atoms with Crippen LogP contribution in [0.25, 0.3) is 0 Å². The van der Waals surface area contributed by atoms with E-state index in [4.69, 9.17) is 10.9 Å². The topological polar surface area (TPSA) is 88.5 Å². The molecule has 6 nitrogen and oxygen atoms in total. The van der Waals surface area contributed by atoms with E-state index in [-0.39, 0.29) is 5.84 Å². The van der Waals surface area contributed by atoms with Crippen LogP contribution in [0.2, 0.25) is 0 Å². The molecule has 0 atom stereocenters. The Hall–Kier alpha value is -2.34. The van der Waals surface area contributed by atoms with Crippen LogP contribution in [0.4, 0.5) is 0 Å². The fraction of sp³-hybridized carbons (Fsp3) is 0.333. The number of hydrogen-bond acceptors (Lipinski definition) is 4. The monoisotopic (exact) mass is 287 g/mol. The Balaban J connectivity index is 2.01. The summed E-state index contributed by atoms with van der Waals surface area (Å²) in [5.74, 6) is 0.121. The van der Waals surface area contributed by atoms with E-state index in [2.05, 4.69) is 22.5 Å². The maximum Gasteiger partial charge on any atom is 0.170 e. The SMILES string of the molecule is Cc1nn(C)c(C)c1CNCc1cccc(C(N)=NO)c1. The summed E-state index contributed by atoms with van der Waals surface area (Å²) >= 11 is 0. The van der Waals surface area contributed by atoms with Gasteiger partial charge in [-0.1, -0.05) is 23.4 Å². The van der Waals surface area contributed by atoms with Gasteiger partial charge in [-0.15, -0.1) is 0 Å². The molecule has 1 aromatic carbocycles. The molecule has 0 aliphatic rings. The predicted molar refractivity (Wildman–Crippen MR) is 82.2 cm³/mol. The number of hydrogen-bond donors (Lipinski definition) is 3. The number of nitrogens with zero attached hydrogens (tertiary/aromatic N) is 3. The van der Waals surface area contributed by atoms with Crippen molar-refractivity contribution in [1.29, 1.82) is 0 Å². The zero-order chi connectivity index (χ0) is 15.4. The van der Waals surface area contributed by atoms with Crippen molar-refractivity contribution in [3.63, 3.8) is 0 Å². The van der Waals surface area contributed by atoms with Crippen molar-refractivity contribution in [1.82, 2.24) is 15.1 Å². The first-order valence-corrected chi connectivity index (χ1v) is 6.79. The lowest BCUT2D eigenvalue weighted by Gasteiger charge is -2.07. The van der Waals surface area contributed by atoms with Gasteiger partial charge < -0.3 is 16.3 Å².